The number of halogens is 1. The summed E-state index contributed by atoms with van der Waals surface area (Å²) in [5.41, 5.74) is -0.0419. The summed E-state index contributed by atoms with van der Waals surface area (Å²) in [7, 11) is 0. The molecule has 1 aromatic rings. The highest BCUT2D eigenvalue weighted by atomic mass is 19.1. The molecule has 0 bridgehead atoms. The highest BCUT2D eigenvalue weighted by Gasteiger charge is 2.23. The van der Waals surface area contributed by atoms with Crippen molar-refractivity contribution in [1.29, 1.82) is 5.26 Å². The van der Waals surface area contributed by atoms with Gasteiger partial charge >= 0.3 is 0 Å². The van der Waals surface area contributed by atoms with E-state index in [4.69, 9.17) is 10.00 Å². The van der Waals surface area contributed by atoms with Crippen molar-refractivity contribution < 1.29 is 13.9 Å². The first-order chi connectivity index (χ1) is 8.19. The van der Waals surface area contributed by atoms with Crippen molar-refractivity contribution in [2.45, 2.75) is 18.9 Å². The molecule has 0 heterocycles. The minimum absolute atomic E-state index is 0.0419. The quantitative estimate of drug-likeness (QED) is 0.855. The molecule has 0 spiro atoms. The van der Waals surface area contributed by atoms with E-state index in [0.717, 1.165) is 18.9 Å². The fourth-order valence-corrected chi connectivity index (χ4v) is 1.32. The van der Waals surface area contributed by atoms with Gasteiger partial charge in [0.2, 0.25) is 0 Å². The fourth-order valence-electron chi connectivity index (χ4n) is 1.32. The highest BCUT2D eigenvalue weighted by Crippen LogP contribution is 2.19. The molecule has 4 nitrogen and oxygen atoms in total. The van der Waals surface area contributed by atoms with E-state index in [1.807, 2.05) is 0 Å². The van der Waals surface area contributed by atoms with E-state index in [0.29, 0.717) is 0 Å². The van der Waals surface area contributed by atoms with Gasteiger partial charge in [0.1, 0.15) is 17.6 Å². The number of carbonyl (C=O) groups excluding carboxylic acids is 1. The molecule has 0 aromatic heterocycles. The second kappa shape index (κ2) is 4.83. The molecule has 88 valence electrons. The Balaban J connectivity index is 1.88. The van der Waals surface area contributed by atoms with Crippen LogP contribution in [0.15, 0.2) is 18.2 Å². The fraction of sp³-hybridized carbons (Fsp3) is 0.333. The van der Waals surface area contributed by atoms with Crippen LogP contribution in [0, 0.1) is 17.1 Å². The Labute approximate surface area is 98.0 Å². The second-order valence-electron chi connectivity index (χ2n) is 3.88. The topological polar surface area (TPSA) is 62.1 Å². The predicted octanol–water partition coefficient (Wildman–Crippen LogP) is 1.35. The standard InChI is InChI=1S/C12H11FN2O2/c13-11-5-10(4-1-8(11)6-14)17-7-12(16)15-9-2-3-9/h1,4-5,9H,2-3,7H2,(H,15,16). The molecule has 17 heavy (non-hydrogen) atoms. The number of amides is 1. The average molecular weight is 234 g/mol. The van der Waals surface area contributed by atoms with E-state index in [1.54, 1.807) is 6.07 Å². The lowest BCUT2D eigenvalue weighted by Crippen LogP contribution is -2.30. The lowest BCUT2D eigenvalue weighted by atomic mass is 10.2. The van der Waals surface area contributed by atoms with E-state index in [1.165, 1.54) is 12.1 Å². The number of hydrogen-bond donors (Lipinski definition) is 1. The van der Waals surface area contributed by atoms with Crippen LogP contribution >= 0.6 is 0 Å². The molecule has 1 N–H and O–H groups in total. The van der Waals surface area contributed by atoms with E-state index >= 15 is 0 Å². The zero-order valence-electron chi connectivity index (χ0n) is 9.07. The Morgan fingerprint density at radius 3 is 2.94 bits per heavy atom. The molecule has 0 saturated heterocycles. The van der Waals surface area contributed by atoms with Crippen molar-refractivity contribution >= 4 is 5.91 Å². The number of carbonyl (C=O) groups is 1. The molecule has 1 aliphatic carbocycles. The van der Waals surface area contributed by atoms with Gasteiger partial charge in [0, 0.05) is 12.1 Å². The number of ether oxygens (including phenoxy) is 1. The van der Waals surface area contributed by atoms with Crippen LogP contribution in [0.4, 0.5) is 4.39 Å². The first kappa shape index (κ1) is 11.4. The molecule has 0 atom stereocenters. The van der Waals surface area contributed by atoms with E-state index in [2.05, 4.69) is 5.32 Å². The van der Waals surface area contributed by atoms with E-state index in [-0.39, 0.29) is 29.9 Å². The Bertz CT molecular complexity index is 478. The summed E-state index contributed by atoms with van der Waals surface area (Å²) >= 11 is 0. The number of hydrogen-bond acceptors (Lipinski definition) is 3. The van der Waals surface area contributed by atoms with Crippen LogP contribution in [0.2, 0.25) is 0 Å². The third-order valence-corrected chi connectivity index (χ3v) is 2.37. The molecule has 1 aliphatic rings. The second-order valence-corrected chi connectivity index (χ2v) is 3.88. The number of nitriles is 1. The first-order valence-corrected chi connectivity index (χ1v) is 5.31. The molecule has 1 saturated carbocycles. The van der Waals surface area contributed by atoms with Crippen LogP contribution < -0.4 is 10.1 Å². The van der Waals surface area contributed by atoms with Crippen LogP contribution in [-0.2, 0) is 4.79 Å². The molecule has 5 heteroatoms. The Morgan fingerprint density at radius 1 is 1.59 bits per heavy atom. The molecule has 1 fully saturated rings. The molecule has 0 unspecified atom stereocenters. The largest absolute Gasteiger partial charge is 0.484 e. The van der Waals surface area contributed by atoms with Crippen molar-refractivity contribution in [3.63, 3.8) is 0 Å². The van der Waals surface area contributed by atoms with Gasteiger partial charge in [0.15, 0.2) is 6.61 Å². The molecule has 1 aromatic carbocycles. The molecule has 0 aliphatic heterocycles. The summed E-state index contributed by atoms with van der Waals surface area (Å²) < 4.78 is 18.3. The van der Waals surface area contributed by atoms with E-state index < -0.39 is 5.82 Å². The molecular formula is C12H11FN2O2. The van der Waals surface area contributed by atoms with Crippen LogP contribution in [0.3, 0.4) is 0 Å². The van der Waals surface area contributed by atoms with Crippen molar-refractivity contribution in [1.82, 2.24) is 5.32 Å². The number of rotatable bonds is 4. The number of benzene rings is 1. The normalized spacial score (nSPS) is 13.9. The lowest BCUT2D eigenvalue weighted by molar-refractivity contribution is -0.123. The maximum atomic E-state index is 13.2. The summed E-state index contributed by atoms with van der Waals surface area (Å²) in [5, 5.41) is 11.3. The zero-order chi connectivity index (χ0) is 12.3. The zero-order valence-corrected chi connectivity index (χ0v) is 9.07. The maximum Gasteiger partial charge on any atom is 0.258 e. The maximum absolute atomic E-state index is 13.2. The van der Waals surface area contributed by atoms with Crippen LogP contribution in [0.5, 0.6) is 5.75 Å². The average Bonchev–Trinajstić information content (AvgIpc) is 3.10. The third-order valence-electron chi connectivity index (χ3n) is 2.37. The minimum Gasteiger partial charge on any atom is -0.484 e. The summed E-state index contributed by atoms with van der Waals surface area (Å²) in [4.78, 5) is 11.3. The van der Waals surface area contributed by atoms with Crippen molar-refractivity contribution in [3.05, 3.63) is 29.6 Å². The number of nitrogens with one attached hydrogen (secondary N) is 1. The van der Waals surface area contributed by atoms with Crippen LogP contribution in [0.25, 0.3) is 0 Å². The molecule has 2 rings (SSSR count). The Morgan fingerprint density at radius 2 is 2.35 bits per heavy atom. The third kappa shape index (κ3) is 3.18. The van der Waals surface area contributed by atoms with E-state index in [9.17, 15) is 9.18 Å². The first-order valence-electron chi connectivity index (χ1n) is 5.31. The van der Waals surface area contributed by atoms with Gasteiger partial charge in [-0.3, -0.25) is 4.79 Å². The number of nitrogens with zero attached hydrogens (tertiary/aromatic N) is 1. The van der Waals surface area contributed by atoms with Crippen molar-refractivity contribution in [2.75, 3.05) is 6.61 Å². The van der Waals surface area contributed by atoms with Gasteiger partial charge < -0.3 is 10.1 Å². The lowest BCUT2D eigenvalue weighted by Gasteiger charge is -2.06. The SMILES string of the molecule is N#Cc1ccc(OCC(=O)NC2CC2)cc1F. The molecule has 0 radical (unpaired) electrons. The monoisotopic (exact) mass is 234 g/mol. The Hall–Kier alpha value is -2.09. The minimum atomic E-state index is -0.646. The van der Waals surface area contributed by atoms with Crippen LogP contribution in [-0.4, -0.2) is 18.6 Å². The Kier molecular flexibility index (Phi) is 3.24. The summed E-state index contributed by atoms with van der Waals surface area (Å²) in [6.45, 7) is -0.137. The van der Waals surface area contributed by atoms with Gasteiger partial charge in [-0.1, -0.05) is 0 Å². The van der Waals surface area contributed by atoms with Gasteiger partial charge in [-0.25, -0.2) is 4.39 Å². The van der Waals surface area contributed by atoms with Gasteiger partial charge in [-0.05, 0) is 25.0 Å². The smallest absolute Gasteiger partial charge is 0.258 e. The summed E-state index contributed by atoms with van der Waals surface area (Å²) in [5.74, 6) is -0.614. The van der Waals surface area contributed by atoms with Crippen LogP contribution in [0.1, 0.15) is 18.4 Å². The highest BCUT2D eigenvalue weighted by molar-refractivity contribution is 5.78. The summed E-state index contributed by atoms with van der Waals surface area (Å²) in [6.07, 6.45) is 2.02. The summed E-state index contributed by atoms with van der Waals surface area (Å²) in [6, 6.07) is 5.88. The van der Waals surface area contributed by atoms with Gasteiger partial charge in [0.05, 0.1) is 5.56 Å². The van der Waals surface area contributed by atoms with Crippen molar-refractivity contribution in [2.24, 2.45) is 0 Å². The van der Waals surface area contributed by atoms with Gasteiger partial charge in [-0.2, -0.15) is 5.26 Å². The molecule has 1 amide bonds. The van der Waals surface area contributed by atoms with Crippen molar-refractivity contribution in [3.8, 4) is 11.8 Å². The predicted molar refractivity (Wildman–Crippen MR) is 57.8 cm³/mol. The van der Waals surface area contributed by atoms with Gasteiger partial charge in [0.25, 0.3) is 5.91 Å². The van der Waals surface area contributed by atoms with Gasteiger partial charge in [-0.15, -0.1) is 0 Å². The molecular weight excluding hydrogens is 223 g/mol.